The van der Waals surface area contributed by atoms with Crippen molar-refractivity contribution >= 4 is 16.7 Å². The number of anilines is 1. The Kier molecular flexibility index (Phi) is 3.93. The SMILES string of the molecule is c1ccc(CNc2nc(-c3n[nH]c4ccccc34)nc3c2OCCC3)cc1. The van der Waals surface area contributed by atoms with Gasteiger partial charge in [0.1, 0.15) is 5.69 Å². The van der Waals surface area contributed by atoms with Crippen molar-refractivity contribution in [2.24, 2.45) is 0 Å². The van der Waals surface area contributed by atoms with Gasteiger partial charge >= 0.3 is 0 Å². The van der Waals surface area contributed by atoms with E-state index in [-0.39, 0.29) is 0 Å². The summed E-state index contributed by atoms with van der Waals surface area (Å²) in [6.45, 7) is 1.37. The molecule has 0 unspecified atom stereocenters. The highest BCUT2D eigenvalue weighted by Crippen LogP contribution is 2.34. The molecule has 0 fully saturated rings. The standard InChI is InChI=1S/C21H19N5O/c1-2-7-14(8-3-1)13-22-21-19-17(11-6-12-27-19)23-20(24-21)18-15-9-4-5-10-16(15)25-26-18/h1-5,7-10H,6,11-13H2,(H,25,26)(H,22,23,24). The van der Waals surface area contributed by atoms with Crippen molar-refractivity contribution in [1.82, 2.24) is 20.2 Å². The smallest absolute Gasteiger partial charge is 0.183 e. The molecule has 3 heterocycles. The van der Waals surface area contributed by atoms with E-state index in [1.54, 1.807) is 0 Å². The lowest BCUT2D eigenvalue weighted by atomic mass is 10.1. The Morgan fingerprint density at radius 2 is 1.85 bits per heavy atom. The monoisotopic (exact) mass is 357 g/mol. The normalized spacial score (nSPS) is 13.2. The number of ether oxygens (including phenoxy) is 1. The van der Waals surface area contributed by atoms with E-state index in [1.807, 2.05) is 42.5 Å². The predicted molar refractivity (Wildman–Crippen MR) is 105 cm³/mol. The predicted octanol–water partition coefficient (Wildman–Crippen LogP) is 3.96. The van der Waals surface area contributed by atoms with Crippen molar-refractivity contribution < 1.29 is 4.74 Å². The quantitative estimate of drug-likeness (QED) is 0.578. The minimum Gasteiger partial charge on any atom is -0.488 e. The first kappa shape index (κ1) is 15.8. The van der Waals surface area contributed by atoms with E-state index in [2.05, 4.69) is 27.6 Å². The molecule has 6 nitrogen and oxygen atoms in total. The molecular formula is C21H19N5O. The third-order valence-corrected chi connectivity index (χ3v) is 4.72. The van der Waals surface area contributed by atoms with Crippen molar-refractivity contribution in [3.63, 3.8) is 0 Å². The zero-order chi connectivity index (χ0) is 18.1. The van der Waals surface area contributed by atoms with E-state index in [4.69, 9.17) is 14.7 Å². The van der Waals surface area contributed by atoms with Crippen molar-refractivity contribution in [3.05, 3.63) is 65.9 Å². The minimum absolute atomic E-state index is 0.618. The maximum Gasteiger partial charge on any atom is 0.183 e. The van der Waals surface area contributed by atoms with E-state index >= 15 is 0 Å². The van der Waals surface area contributed by atoms with Gasteiger partial charge in [0.2, 0.25) is 0 Å². The maximum absolute atomic E-state index is 5.89. The van der Waals surface area contributed by atoms with Crippen LogP contribution in [0, 0.1) is 0 Å². The summed E-state index contributed by atoms with van der Waals surface area (Å²) in [6.07, 6.45) is 1.84. The van der Waals surface area contributed by atoms with Gasteiger partial charge in [0.25, 0.3) is 0 Å². The lowest BCUT2D eigenvalue weighted by Gasteiger charge is -2.20. The number of benzene rings is 2. The van der Waals surface area contributed by atoms with Gasteiger partial charge in [-0.05, 0) is 24.5 Å². The van der Waals surface area contributed by atoms with Crippen molar-refractivity contribution in [2.75, 3.05) is 11.9 Å². The molecule has 0 radical (unpaired) electrons. The molecule has 6 heteroatoms. The van der Waals surface area contributed by atoms with Gasteiger partial charge in [-0.3, -0.25) is 5.10 Å². The number of nitrogens with zero attached hydrogens (tertiary/aromatic N) is 3. The first-order valence-electron chi connectivity index (χ1n) is 9.13. The number of rotatable bonds is 4. The first-order chi connectivity index (χ1) is 13.4. The molecule has 0 atom stereocenters. The number of para-hydroxylation sites is 1. The fourth-order valence-electron chi connectivity index (χ4n) is 3.37. The van der Waals surface area contributed by atoms with Crippen LogP contribution in [-0.2, 0) is 13.0 Å². The van der Waals surface area contributed by atoms with Crippen LogP contribution < -0.4 is 10.1 Å². The molecule has 0 aliphatic carbocycles. The molecular weight excluding hydrogens is 338 g/mol. The van der Waals surface area contributed by atoms with Gasteiger partial charge in [0.05, 0.1) is 17.8 Å². The lowest BCUT2D eigenvalue weighted by molar-refractivity contribution is 0.285. The van der Waals surface area contributed by atoms with Crippen LogP contribution in [0.1, 0.15) is 17.7 Å². The summed E-state index contributed by atoms with van der Waals surface area (Å²) in [7, 11) is 0. The molecule has 1 aliphatic rings. The van der Waals surface area contributed by atoms with Gasteiger partial charge in [-0.25, -0.2) is 9.97 Å². The van der Waals surface area contributed by atoms with Gasteiger partial charge in [0, 0.05) is 11.9 Å². The second-order valence-corrected chi connectivity index (χ2v) is 6.58. The minimum atomic E-state index is 0.618. The molecule has 0 bridgehead atoms. The molecule has 2 aromatic carbocycles. The Morgan fingerprint density at radius 1 is 1.00 bits per heavy atom. The summed E-state index contributed by atoms with van der Waals surface area (Å²) >= 11 is 0. The van der Waals surface area contributed by atoms with E-state index in [0.717, 1.165) is 46.7 Å². The molecule has 2 N–H and O–H groups in total. The summed E-state index contributed by atoms with van der Waals surface area (Å²) in [4.78, 5) is 9.53. The Hall–Kier alpha value is -3.41. The topological polar surface area (TPSA) is 75.7 Å². The molecule has 27 heavy (non-hydrogen) atoms. The van der Waals surface area contributed by atoms with Gasteiger partial charge < -0.3 is 10.1 Å². The average Bonchev–Trinajstić information content (AvgIpc) is 3.17. The van der Waals surface area contributed by atoms with E-state index in [9.17, 15) is 0 Å². The van der Waals surface area contributed by atoms with Crippen LogP contribution in [-0.4, -0.2) is 26.8 Å². The molecule has 0 saturated heterocycles. The fraction of sp³-hybridized carbons (Fsp3) is 0.190. The average molecular weight is 357 g/mol. The number of aryl methyl sites for hydroxylation is 1. The van der Waals surface area contributed by atoms with Crippen LogP contribution in [0.4, 0.5) is 5.82 Å². The summed E-state index contributed by atoms with van der Waals surface area (Å²) in [5.74, 6) is 2.11. The van der Waals surface area contributed by atoms with E-state index in [1.165, 1.54) is 5.56 Å². The van der Waals surface area contributed by atoms with Crippen molar-refractivity contribution in [2.45, 2.75) is 19.4 Å². The fourth-order valence-corrected chi connectivity index (χ4v) is 3.37. The maximum atomic E-state index is 5.89. The van der Waals surface area contributed by atoms with Gasteiger partial charge in [-0.1, -0.05) is 48.5 Å². The number of nitrogens with one attached hydrogen (secondary N) is 2. The Morgan fingerprint density at radius 3 is 2.78 bits per heavy atom. The van der Waals surface area contributed by atoms with Crippen LogP contribution in [0.2, 0.25) is 0 Å². The highest BCUT2D eigenvalue weighted by atomic mass is 16.5. The molecule has 5 rings (SSSR count). The third kappa shape index (κ3) is 2.99. The van der Waals surface area contributed by atoms with Crippen LogP contribution in [0.15, 0.2) is 54.6 Å². The van der Waals surface area contributed by atoms with Gasteiger partial charge in [-0.2, -0.15) is 5.10 Å². The Labute approximate surface area is 156 Å². The second-order valence-electron chi connectivity index (χ2n) is 6.58. The number of hydrogen-bond donors (Lipinski definition) is 2. The molecule has 2 aromatic heterocycles. The highest BCUT2D eigenvalue weighted by molar-refractivity contribution is 5.91. The van der Waals surface area contributed by atoms with E-state index < -0.39 is 0 Å². The zero-order valence-electron chi connectivity index (χ0n) is 14.8. The van der Waals surface area contributed by atoms with Crippen molar-refractivity contribution in [3.8, 4) is 17.3 Å². The molecule has 4 aromatic rings. The van der Waals surface area contributed by atoms with Gasteiger partial charge in [-0.15, -0.1) is 0 Å². The summed E-state index contributed by atoms with van der Waals surface area (Å²) in [5.41, 5.74) is 3.87. The molecule has 0 saturated carbocycles. The second kappa shape index (κ2) is 6.72. The number of H-pyrrole nitrogens is 1. The van der Waals surface area contributed by atoms with Gasteiger partial charge in [0.15, 0.2) is 17.4 Å². The number of aromatic nitrogens is 4. The first-order valence-corrected chi connectivity index (χ1v) is 9.13. The van der Waals surface area contributed by atoms with Crippen molar-refractivity contribution in [1.29, 1.82) is 0 Å². The molecule has 134 valence electrons. The summed E-state index contributed by atoms with van der Waals surface area (Å²) in [6, 6.07) is 18.3. The lowest BCUT2D eigenvalue weighted by Crippen LogP contribution is -2.15. The number of aromatic amines is 1. The number of fused-ring (bicyclic) bond motifs is 2. The molecule has 1 aliphatic heterocycles. The largest absolute Gasteiger partial charge is 0.488 e. The highest BCUT2D eigenvalue weighted by Gasteiger charge is 2.21. The summed E-state index contributed by atoms with van der Waals surface area (Å²) in [5, 5.41) is 12.0. The van der Waals surface area contributed by atoms with Crippen LogP contribution in [0.3, 0.4) is 0 Å². The Bertz CT molecular complexity index is 1090. The number of hydrogen-bond acceptors (Lipinski definition) is 5. The van der Waals surface area contributed by atoms with Crippen LogP contribution in [0.5, 0.6) is 5.75 Å². The Balaban J connectivity index is 1.56. The third-order valence-electron chi connectivity index (χ3n) is 4.72. The van der Waals surface area contributed by atoms with Crippen LogP contribution >= 0.6 is 0 Å². The summed E-state index contributed by atoms with van der Waals surface area (Å²) < 4.78 is 5.89. The van der Waals surface area contributed by atoms with Crippen LogP contribution in [0.25, 0.3) is 22.4 Å². The molecule has 0 spiro atoms. The molecule has 0 amide bonds. The zero-order valence-corrected chi connectivity index (χ0v) is 14.8. The van der Waals surface area contributed by atoms with E-state index in [0.29, 0.717) is 19.0 Å².